The van der Waals surface area contributed by atoms with Gasteiger partial charge in [0.15, 0.2) is 0 Å². The van der Waals surface area contributed by atoms with Crippen LogP contribution >= 0.6 is 0 Å². The van der Waals surface area contributed by atoms with E-state index in [0.29, 0.717) is 6.79 Å². The summed E-state index contributed by atoms with van der Waals surface area (Å²) in [5.74, 6) is 0. The quantitative estimate of drug-likeness (QED) is 0.425. The summed E-state index contributed by atoms with van der Waals surface area (Å²) in [5.41, 5.74) is -0.268. The van der Waals surface area contributed by atoms with Crippen molar-refractivity contribution in [3.05, 3.63) is 12.7 Å². The van der Waals surface area contributed by atoms with Gasteiger partial charge in [0.05, 0.1) is 5.60 Å². The lowest BCUT2D eigenvalue weighted by Crippen LogP contribution is -2.21. The normalized spacial score (nSPS) is 11.4. The van der Waals surface area contributed by atoms with E-state index in [2.05, 4.69) is 6.58 Å². The lowest BCUT2D eigenvalue weighted by atomic mass is 10.1. The molecule has 0 rings (SSSR count). The highest BCUT2D eigenvalue weighted by atomic mass is 16.7. The number of hydrogen-bond acceptors (Lipinski definition) is 2. The zero-order valence-corrected chi connectivity index (χ0v) is 6.31. The van der Waals surface area contributed by atoms with Crippen molar-refractivity contribution in [2.24, 2.45) is 0 Å². The molecule has 0 N–H and O–H groups in total. The fraction of sp³-hybridized carbons (Fsp3) is 0.714. The van der Waals surface area contributed by atoms with Crippen LogP contribution in [0.25, 0.3) is 0 Å². The molecule has 0 saturated carbocycles. The van der Waals surface area contributed by atoms with Crippen molar-refractivity contribution in [3.63, 3.8) is 0 Å². The van der Waals surface area contributed by atoms with Crippen LogP contribution in [0.1, 0.15) is 13.8 Å². The maximum Gasteiger partial charge on any atom is 0.147 e. The SMILES string of the molecule is C=CC(C)(C)OCOC. The molecule has 0 saturated heterocycles. The molecule has 2 nitrogen and oxygen atoms in total. The molecule has 0 aromatic carbocycles. The van der Waals surface area contributed by atoms with Crippen LogP contribution in [0.4, 0.5) is 0 Å². The average molecular weight is 130 g/mol. The Labute approximate surface area is 56.5 Å². The second-order valence-corrected chi connectivity index (χ2v) is 2.36. The van der Waals surface area contributed by atoms with Gasteiger partial charge in [0.1, 0.15) is 6.79 Å². The fourth-order valence-electron chi connectivity index (χ4n) is 0.270. The van der Waals surface area contributed by atoms with E-state index in [1.807, 2.05) is 13.8 Å². The summed E-state index contributed by atoms with van der Waals surface area (Å²) in [6.07, 6.45) is 1.74. The fourth-order valence-corrected chi connectivity index (χ4v) is 0.270. The van der Waals surface area contributed by atoms with Gasteiger partial charge in [0.2, 0.25) is 0 Å². The van der Waals surface area contributed by atoms with Crippen LogP contribution in [0.2, 0.25) is 0 Å². The topological polar surface area (TPSA) is 18.5 Å². The van der Waals surface area contributed by atoms with Gasteiger partial charge in [-0.1, -0.05) is 6.08 Å². The highest BCUT2D eigenvalue weighted by molar-refractivity contribution is 4.88. The van der Waals surface area contributed by atoms with Gasteiger partial charge < -0.3 is 9.47 Å². The van der Waals surface area contributed by atoms with Gasteiger partial charge >= 0.3 is 0 Å². The minimum atomic E-state index is -0.268. The van der Waals surface area contributed by atoms with E-state index < -0.39 is 0 Å². The smallest absolute Gasteiger partial charge is 0.147 e. The van der Waals surface area contributed by atoms with E-state index in [1.165, 1.54) is 0 Å². The van der Waals surface area contributed by atoms with Crippen LogP contribution in [-0.4, -0.2) is 19.5 Å². The first-order chi connectivity index (χ1) is 4.12. The van der Waals surface area contributed by atoms with E-state index in [4.69, 9.17) is 9.47 Å². The Morgan fingerprint density at radius 2 is 2.11 bits per heavy atom. The van der Waals surface area contributed by atoms with Gasteiger partial charge in [0, 0.05) is 7.11 Å². The van der Waals surface area contributed by atoms with E-state index in [-0.39, 0.29) is 5.60 Å². The lowest BCUT2D eigenvalue weighted by molar-refractivity contribution is -0.0918. The van der Waals surface area contributed by atoms with Crippen molar-refractivity contribution in [1.29, 1.82) is 0 Å². The van der Waals surface area contributed by atoms with Crippen molar-refractivity contribution >= 4 is 0 Å². The molecule has 0 aliphatic carbocycles. The molecule has 0 unspecified atom stereocenters. The number of hydrogen-bond donors (Lipinski definition) is 0. The minimum absolute atomic E-state index is 0.268. The third-order valence-electron chi connectivity index (χ3n) is 1.04. The molecule has 0 atom stereocenters. The molecule has 0 amide bonds. The third-order valence-corrected chi connectivity index (χ3v) is 1.04. The highest BCUT2D eigenvalue weighted by Crippen LogP contribution is 2.08. The lowest BCUT2D eigenvalue weighted by Gasteiger charge is -2.19. The Morgan fingerprint density at radius 1 is 1.56 bits per heavy atom. The number of rotatable bonds is 4. The van der Waals surface area contributed by atoms with E-state index in [1.54, 1.807) is 13.2 Å². The Balaban J connectivity index is 3.45. The predicted molar refractivity (Wildman–Crippen MR) is 37.2 cm³/mol. The summed E-state index contributed by atoms with van der Waals surface area (Å²) in [6, 6.07) is 0. The maximum absolute atomic E-state index is 5.19. The van der Waals surface area contributed by atoms with Crippen LogP contribution in [0.3, 0.4) is 0 Å². The zero-order valence-electron chi connectivity index (χ0n) is 6.31. The van der Waals surface area contributed by atoms with Crippen LogP contribution in [-0.2, 0) is 9.47 Å². The molecule has 9 heavy (non-hydrogen) atoms. The molecule has 0 bridgehead atoms. The largest absolute Gasteiger partial charge is 0.359 e. The Kier molecular flexibility index (Phi) is 3.50. The van der Waals surface area contributed by atoms with Crippen LogP contribution in [0, 0.1) is 0 Å². The molecule has 0 aliphatic heterocycles. The van der Waals surface area contributed by atoms with Gasteiger partial charge in [0.25, 0.3) is 0 Å². The molecule has 0 heterocycles. The van der Waals surface area contributed by atoms with Gasteiger partial charge in [-0.05, 0) is 13.8 Å². The number of methoxy groups -OCH3 is 1. The van der Waals surface area contributed by atoms with E-state index >= 15 is 0 Å². The first-order valence-electron chi connectivity index (χ1n) is 2.89. The Hall–Kier alpha value is -0.340. The molecule has 54 valence electrons. The van der Waals surface area contributed by atoms with Crippen molar-refractivity contribution in [1.82, 2.24) is 0 Å². The summed E-state index contributed by atoms with van der Waals surface area (Å²) in [6.45, 7) is 7.78. The van der Waals surface area contributed by atoms with Gasteiger partial charge in [-0.2, -0.15) is 0 Å². The van der Waals surface area contributed by atoms with Crippen LogP contribution < -0.4 is 0 Å². The van der Waals surface area contributed by atoms with E-state index in [9.17, 15) is 0 Å². The highest BCUT2D eigenvalue weighted by Gasteiger charge is 2.11. The standard InChI is InChI=1S/C7H14O2/c1-5-7(2,3)9-6-8-4/h5H,1,6H2,2-4H3. The summed E-state index contributed by atoms with van der Waals surface area (Å²) in [7, 11) is 1.60. The van der Waals surface area contributed by atoms with Gasteiger partial charge in [-0.15, -0.1) is 6.58 Å². The summed E-state index contributed by atoms with van der Waals surface area (Å²) in [5, 5.41) is 0. The average Bonchev–Trinajstić information content (AvgIpc) is 1.84. The summed E-state index contributed by atoms with van der Waals surface area (Å²) < 4.78 is 9.90. The second kappa shape index (κ2) is 3.64. The molecular weight excluding hydrogens is 116 g/mol. The van der Waals surface area contributed by atoms with Gasteiger partial charge in [-0.25, -0.2) is 0 Å². The zero-order chi connectivity index (χ0) is 7.33. The molecule has 0 spiro atoms. The molecule has 0 aromatic heterocycles. The van der Waals surface area contributed by atoms with Crippen molar-refractivity contribution in [2.45, 2.75) is 19.4 Å². The minimum Gasteiger partial charge on any atom is -0.359 e. The van der Waals surface area contributed by atoms with Crippen molar-refractivity contribution in [2.75, 3.05) is 13.9 Å². The summed E-state index contributed by atoms with van der Waals surface area (Å²) >= 11 is 0. The van der Waals surface area contributed by atoms with E-state index in [0.717, 1.165) is 0 Å². The molecule has 0 fully saturated rings. The van der Waals surface area contributed by atoms with Crippen molar-refractivity contribution < 1.29 is 9.47 Å². The molecule has 2 heteroatoms. The molecule has 0 aromatic rings. The third kappa shape index (κ3) is 4.18. The van der Waals surface area contributed by atoms with Gasteiger partial charge in [-0.3, -0.25) is 0 Å². The Bertz CT molecular complexity index is 86.9. The second-order valence-electron chi connectivity index (χ2n) is 2.36. The molecule has 0 radical (unpaired) electrons. The van der Waals surface area contributed by atoms with Crippen LogP contribution in [0.5, 0.6) is 0 Å². The monoisotopic (exact) mass is 130 g/mol. The first kappa shape index (κ1) is 8.66. The van der Waals surface area contributed by atoms with Crippen LogP contribution in [0.15, 0.2) is 12.7 Å². The predicted octanol–water partition coefficient (Wildman–Crippen LogP) is 1.57. The molecular formula is C7H14O2. The Morgan fingerprint density at radius 3 is 2.44 bits per heavy atom. The summed E-state index contributed by atoms with van der Waals surface area (Å²) in [4.78, 5) is 0. The first-order valence-corrected chi connectivity index (χ1v) is 2.89. The maximum atomic E-state index is 5.19. The number of ether oxygens (including phenoxy) is 2. The van der Waals surface area contributed by atoms with Crippen molar-refractivity contribution in [3.8, 4) is 0 Å². The molecule has 0 aliphatic rings.